The molecule has 0 saturated carbocycles. The summed E-state index contributed by atoms with van der Waals surface area (Å²) in [5.74, 6) is 1.25. The van der Waals surface area contributed by atoms with E-state index in [0.29, 0.717) is 36.4 Å². The number of benzene rings is 1. The molecule has 1 aliphatic heterocycles. The van der Waals surface area contributed by atoms with E-state index in [4.69, 9.17) is 8.83 Å². The van der Waals surface area contributed by atoms with Gasteiger partial charge in [0, 0.05) is 30.2 Å². The van der Waals surface area contributed by atoms with Crippen LogP contribution < -0.4 is 15.5 Å². The van der Waals surface area contributed by atoms with Gasteiger partial charge in [0.25, 0.3) is 0 Å². The standard InChI is InChI=1S/C25H25N3O4/c1-2-11-26-25(30)28-19-8-4-3-7-17(19)27-18-14-16(21-9-5-12-31-21)15-20(29)23(18)24(28)22-10-6-13-32-22/h3-10,12-13,16,24,27H,2,11,14-15H2,1H3,(H,26,30). The Balaban J connectivity index is 1.67. The van der Waals surface area contributed by atoms with Gasteiger partial charge in [0.2, 0.25) is 0 Å². The number of nitrogens with one attached hydrogen (secondary N) is 2. The minimum atomic E-state index is -0.668. The second kappa shape index (κ2) is 8.42. The predicted molar refractivity (Wildman–Crippen MR) is 120 cm³/mol. The molecule has 2 atom stereocenters. The minimum Gasteiger partial charge on any atom is -0.469 e. The number of hydrogen-bond acceptors (Lipinski definition) is 5. The number of urea groups is 1. The molecule has 2 unspecified atom stereocenters. The first-order valence-corrected chi connectivity index (χ1v) is 10.9. The number of allylic oxidation sites excluding steroid dienone is 1. The van der Waals surface area contributed by atoms with Crippen molar-refractivity contribution in [3.05, 3.63) is 83.8 Å². The number of amides is 2. The average molecular weight is 431 g/mol. The van der Waals surface area contributed by atoms with E-state index in [0.717, 1.165) is 23.6 Å². The third-order valence-corrected chi connectivity index (χ3v) is 5.99. The highest BCUT2D eigenvalue weighted by molar-refractivity contribution is 6.05. The SMILES string of the molecule is CCCNC(=O)N1c2ccccc2NC2=C(C(=O)CC(c3ccco3)C2)C1c1ccco1. The number of anilines is 2. The smallest absolute Gasteiger partial charge is 0.322 e. The van der Waals surface area contributed by atoms with Crippen LogP contribution in [0.5, 0.6) is 0 Å². The summed E-state index contributed by atoms with van der Waals surface area (Å²) in [6, 6.07) is 14.0. The number of fused-ring (bicyclic) bond motifs is 1. The summed E-state index contributed by atoms with van der Waals surface area (Å²) in [7, 11) is 0. The largest absolute Gasteiger partial charge is 0.469 e. The van der Waals surface area contributed by atoms with Crippen LogP contribution in [0.1, 0.15) is 49.7 Å². The second-order valence-corrected chi connectivity index (χ2v) is 8.10. The molecule has 7 nitrogen and oxygen atoms in total. The average Bonchev–Trinajstić information content (AvgIpc) is 3.49. The van der Waals surface area contributed by atoms with Crippen molar-refractivity contribution in [2.24, 2.45) is 0 Å². The van der Waals surface area contributed by atoms with Gasteiger partial charge in [0.1, 0.15) is 17.6 Å². The van der Waals surface area contributed by atoms with Gasteiger partial charge in [-0.3, -0.25) is 9.69 Å². The number of nitrogens with zero attached hydrogens (tertiary/aromatic N) is 1. The molecule has 2 N–H and O–H groups in total. The second-order valence-electron chi connectivity index (χ2n) is 8.10. The van der Waals surface area contributed by atoms with Gasteiger partial charge in [-0.25, -0.2) is 4.79 Å². The van der Waals surface area contributed by atoms with Gasteiger partial charge in [-0.1, -0.05) is 19.1 Å². The molecule has 0 saturated heterocycles. The molecular formula is C25H25N3O4. The predicted octanol–water partition coefficient (Wildman–Crippen LogP) is 5.37. The van der Waals surface area contributed by atoms with Crippen LogP contribution in [0.2, 0.25) is 0 Å². The minimum absolute atomic E-state index is 0.0253. The molecule has 0 spiro atoms. The lowest BCUT2D eigenvalue weighted by Gasteiger charge is -2.33. The number of Topliss-reactive ketones (excluding diaryl/α,β-unsaturated/α-hetero) is 1. The van der Waals surface area contributed by atoms with Gasteiger partial charge < -0.3 is 19.5 Å². The van der Waals surface area contributed by atoms with Gasteiger partial charge >= 0.3 is 6.03 Å². The highest BCUT2D eigenvalue weighted by Crippen LogP contribution is 2.47. The van der Waals surface area contributed by atoms with E-state index in [9.17, 15) is 9.59 Å². The van der Waals surface area contributed by atoms with Crippen molar-refractivity contribution in [2.45, 2.75) is 38.1 Å². The normalized spacial score (nSPS) is 20.3. The van der Waals surface area contributed by atoms with Crippen LogP contribution in [0.3, 0.4) is 0 Å². The molecule has 5 rings (SSSR count). The van der Waals surface area contributed by atoms with Gasteiger partial charge in [-0.15, -0.1) is 0 Å². The summed E-state index contributed by atoms with van der Waals surface area (Å²) < 4.78 is 11.4. The Morgan fingerprint density at radius 2 is 1.81 bits per heavy atom. The first kappa shape index (κ1) is 20.2. The number of rotatable bonds is 4. The third-order valence-electron chi connectivity index (χ3n) is 5.99. The lowest BCUT2D eigenvalue weighted by molar-refractivity contribution is -0.116. The van der Waals surface area contributed by atoms with Gasteiger partial charge in [-0.2, -0.15) is 0 Å². The molecule has 164 valence electrons. The zero-order chi connectivity index (χ0) is 22.1. The maximum atomic E-state index is 13.6. The van der Waals surface area contributed by atoms with Crippen molar-refractivity contribution in [3.63, 3.8) is 0 Å². The van der Waals surface area contributed by atoms with Crippen molar-refractivity contribution < 1.29 is 18.4 Å². The highest BCUT2D eigenvalue weighted by atomic mass is 16.3. The quantitative estimate of drug-likeness (QED) is 0.580. The Labute approximate surface area is 186 Å². The molecule has 1 aromatic carbocycles. The lowest BCUT2D eigenvalue weighted by atomic mass is 9.81. The van der Waals surface area contributed by atoms with Crippen LogP contribution in [-0.2, 0) is 4.79 Å². The lowest BCUT2D eigenvalue weighted by Crippen LogP contribution is -2.44. The number of para-hydroxylation sites is 2. The van der Waals surface area contributed by atoms with E-state index in [1.165, 1.54) is 0 Å². The third kappa shape index (κ3) is 3.49. The first-order chi connectivity index (χ1) is 15.7. The number of ketones is 1. The summed E-state index contributed by atoms with van der Waals surface area (Å²) in [6.45, 7) is 2.54. The van der Waals surface area contributed by atoms with Crippen LogP contribution in [0.4, 0.5) is 16.2 Å². The van der Waals surface area contributed by atoms with Crippen molar-refractivity contribution >= 4 is 23.2 Å². The fraction of sp³-hybridized carbons (Fsp3) is 0.280. The molecule has 1 aliphatic carbocycles. The Hall–Kier alpha value is -3.74. The zero-order valence-corrected chi connectivity index (χ0v) is 17.8. The number of hydrogen-bond donors (Lipinski definition) is 2. The molecule has 32 heavy (non-hydrogen) atoms. The Morgan fingerprint density at radius 3 is 2.53 bits per heavy atom. The fourth-order valence-electron chi connectivity index (χ4n) is 4.57. The summed E-state index contributed by atoms with van der Waals surface area (Å²) in [5, 5.41) is 6.44. The maximum absolute atomic E-state index is 13.6. The van der Waals surface area contributed by atoms with E-state index < -0.39 is 6.04 Å². The van der Waals surface area contributed by atoms with Crippen molar-refractivity contribution in [1.29, 1.82) is 0 Å². The summed E-state index contributed by atoms with van der Waals surface area (Å²) in [5.41, 5.74) is 2.82. The van der Waals surface area contributed by atoms with E-state index in [1.807, 2.05) is 49.4 Å². The molecule has 7 heteroatoms. The Morgan fingerprint density at radius 1 is 1.06 bits per heavy atom. The molecule has 2 aliphatic rings. The Kier molecular flexibility index (Phi) is 5.31. The van der Waals surface area contributed by atoms with Crippen LogP contribution in [0, 0.1) is 0 Å². The molecule has 0 fully saturated rings. The van der Waals surface area contributed by atoms with Crippen LogP contribution in [0.25, 0.3) is 0 Å². The summed E-state index contributed by atoms with van der Waals surface area (Å²) in [6.07, 6.45) is 4.92. The number of furan rings is 2. The van der Waals surface area contributed by atoms with Gasteiger partial charge in [-0.05, 0) is 49.2 Å². The maximum Gasteiger partial charge on any atom is 0.322 e. The molecule has 2 aromatic heterocycles. The van der Waals surface area contributed by atoms with Crippen LogP contribution in [-0.4, -0.2) is 18.4 Å². The van der Waals surface area contributed by atoms with Crippen LogP contribution >= 0.6 is 0 Å². The molecule has 3 aromatic rings. The van der Waals surface area contributed by atoms with E-state index in [1.54, 1.807) is 23.5 Å². The zero-order valence-electron chi connectivity index (χ0n) is 17.8. The molecule has 0 radical (unpaired) electrons. The molecule has 2 amide bonds. The fourth-order valence-corrected chi connectivity index (χ4v) is 4.57. The summed E-state index contributed by atoms with van der Waals surface area (Å²) in [4.78, 5) is 28.6. The van der Waals surface area contributed by atoms with Crippen molar-refractivity contribution in [1.82, 2.24) is 5.32 Å². The van der Waals surface area contributed by atoms with Crippen molar-refractivity contribution in [3.8, 4) is 0 Å². The topological polar surface area (TPSA) is 87.7 Å². The Bertz CT molecular complexity index is 1150. The van der Waals surface area contributed by atoms with E-state index >= 15 is 0 Å². The number of carbonyl (C=O) groups is 2. The first-order valence-electron chi connectivity index (χ1n) is 10.9. The van der Waals surface area contributed by atoms with E-state index in [-0.39, 0.29) is 17.7 Å². The number of carbonyl (C=O) groups excluding carboxylic acids is 2. The van der Waals surface area contributed by atoms with Gasteiger partial charge in [0.15, 0.2) is 5.78 Å². The highest BCUT2D eigenvalue weighted by Gasteiger charge is 2.43. The van der Waals surface area contributed by atoms with Crippen LogP contribution in [0.15, 0.2) is 81.2 Å². The monoisotopic (exact) mass is 431 g/mol. The molecule has 3 heterocycles. The molecule has 0 bridgehead atoms. The van der Waals surface area contributed by atoms with Crippen molar-refractivity contribution in [2.75, 3.05) is 16.8 Å². The summed E-state index contributed by atoms with van der Waals surface area (Å²) >= 11 is 0. The van der Waals surface area contributed by atoms with Gasteiger partial charge in [0.05, 0.1) is 23.9 Å². The van der Waals surface area contributed by atoms with E-state index in [2.05, 4.69) is 10.6 Å². The molecular weight excluding hydrogens is 406 g/mol.